The van der Waals surface area contributed by atoms with Crippen molar-refractivity contribution in [2.24, 2.45) is 0 Å². The number of likely N-dealkylation sites (N-methyl/N-ethyl adjacent to an activating group) is 1. The number of nitrogens with zero attached hydrogens (tertiary/aromatic N) is 2. The fraction of sp³-hybridized carbons (Fsp3) is 0.375. The van der Waals surface area contributed by atoms with Crippen LogP contribution in [-0.2, 0) is 16.0 Å². The first-order valence-electron chi connectivity index (χ1n) is 7.92. The molecular weight excluding hydrogens is 346 g/mol. The average molecular weight is 364 g/mol. The molecular formula is C16H18ClN5O3. The van der Waals surface area contributed by atoms with E-state index >= 15 is 0 Å². The van der Waals surface area contributed by atoms with Gasteiger partial charge in [0.05, 0.1) is 11.0 Å². The van der Waals surface area contributed by atoms with Crippen LogP contribution in [0.15, 0.2) is 18.2 Å². The molecule has 1 aliphatic rings. The molecule has 3 rings (SSSR count). The van der Waals surface area contributed by atoms with Gasteiger partial charge in [0, 0.05) is 31.5 Å². The summed E-state index contributed by atoms with van der Waals surface area (Å²) in [4.78, 5) is 43.9. The van der Waals surface area contributed by atoms with Crippen molar-refractivity contribution in [3.8, 4) is 0 Å². The molecule has 25 heavy (non-hydrogen) atoms. The van der Waals surface area contributed by atoms with Crippen LogP contribution >= 0.6 is 11.6 Å². The van der Waals surface area contributed by atoms with Crippen molar-refractivity contribution in [2.75, 3.05) is 13.6 Å². The molecule has 1 atom stereocenters. The van der Waals surface area contributed by atoms with E-state index in [0.717, 1.165) is 16.9 Å². The number of nitrogens with one attached hydrogen (secondary N) is 3. The first-order chi connectivity index (χ1) is 11.9. The van der Waals surface area contributed by atoms with E-state index in [1.54, 1.807) is 18.0 Å². The highest BCUT2D eigenvalue weighted by Gasteiger charge is 2.29. The molecule has 0 unspecified atom stereocenters. The van der Waals surface area contributed by atoms with Crippen LogP contribution in [0.2, 0.25) is 5.02 Å². The summed E-state index contributed by atoms with van der Waals surface area (Å²) in [5.74, 6) is 0.300. The van der Waals surface area contributed by atoms with Crippen molar-refractivity contribution in [3.63, 3.8) is 0 Å². The van der Waals surface area contributed by atoms with Gasteiger partial charge in [-0.3, -0.25) is 14.9 Å². The Balaban J connectivity index is 1.49. The number of aromatic nitrogens is 2. The lowest BCUT2D eigenvalue weighted by molar-refractivity contribution is -0.130. The summed E-state index contributed by atoms with van der Waals surface area (Å²) in [6, 6.07) is 4.28. The Morgan fingerprint density at radius 1 is 1.36 bits per heavy atom. The van der Waals surface area contributed by atoms with Crippen molar-refractivity contribution in [1.29, 1.82) is 0 Å². The molecule has 0 saturated carbocycles. The standard InChI is InChI=1S/C16H18ClN5O3/c1-22(14(23)5-4-11-15(24)21-16(25)20-11)7-6-13-18-10-3-2-9(17)8-12(10)19-13/h2-3,8,11H,4-7H2,1H3,(H,18,19)(H2,20,21,24,25)/t11-/m0/s1. The third-order valence-electron chi connectivity index (χ3n) is 4.11. The molecule has 9 heteroatoms. The lowest BCUT2D eigenvalue weighted by Gasteiger charge is -2.17. The lowest BCUT2D eigenvalue weighted by atomic mass is 10.1. The monoisotopic (exact) mass is 363 g/mol. The fourth-order valence-electron chi connectivity index (χ4n) is 2.67. The molecule has 0 spiro atoms. The SMILES string of the molecule is CN(CCc1nc2ccc(Cl)cc2[nH]1)C(=O)CC[C@@H]1NC(=O)NC1=O. The molecule has 1 fully saturated rings. The van der Waals surface area contributed by atoms with Crippen molar-refractivity contribution in [1.82, 2.24) is 25.5 Å². The molecule has 4 amide bonds. The molecule has 2 aromatic rings. The number of amides is 4. The predicted molar refractivity (Wildman–Crippen MR) is 92.1 cm³/mol. The van der Waals surface area contributed by atoms with E-state index in [-0.39, 0.29) is 24.7 Å². The van der Waals surface area contributed by atoms with Gasteiger partial charge in [-0.15, -0.1) is 0 Å². The highest BCUT2D eigenvalue weighted by molar-refractivity contribution is 6.31. The van der Waals surface area contributed by atoms with Gasteiger partial charge in [0.25, 0.3) is 5.91 Å². The molecule has 0 bridgehead atoms. The molecule has 0 radical (unpaired) electrons. The Morgan fingerprint density at radius 2 is 2.16 bits per heavy atom. The van der Waals surface area contributed by atoms with Gasteiger partial charge < -0.3 is 15.2 Å². The fourth-order valence-corrected chi connectivity index (χ4v) is 2.84. The van der Waals surface area contributed by atoms with Crippen LogP contribution in [0.1, 0.15) is 18.7 Å². The number of fused-ring (bicyclic) bond motifs is 1. The van der Waals surface area contributed by atoms with E-state index in [0.29, 0.717) is 18.0 Å². The molecule has 3 N–H and O–H groups in total. The molecule has 8 nitrogen and oxygen atoms in total. The molecule has 0 aliphatic carbocycles. The molecule has 132 valence electrons. The van der Waals surface area contributed by atoms with Crippen LogP contribution in [0.5, 0.6) is 0 Å². The summed E-state index contributed by atoms with van der Waals surface area (Å²) in [5, 5.41) is 5.26. The van der Waals surface area contributed by atoms with Gasteiger partial charge in [-0.2, -0.15) is 0 Å². The highest BCUT2D eigenvalue weighted by Crippen LogP contribution is 2.17. The number of rotatable bonds is 6. The van der Waals surface area contributed by atoms with E-state index in [1.807, 2.05) is 12.1 Å². The van der Waals surface area contributed by atoms with Gasteiger partial charge in [-0.05, 0) is 24.6 Å². The molecule has 1 saturated heterocycles. The van der Waals surface area contributed by atoms with Gasteiger partial charge in [0.2, 0.25) is 5.91 Å². The number of halogens is 1. The largest absolute Gasteiger partial charge is 0.345 e. The molecule has 1 aromatic heterocycles. The minimum Gasteiger partial charge on any atom is -0.345 e. The van der Waals surface area contributed by atoms with Gasteiger partial charge in [0.1, 0.15) is 11.9 Å². The topological polar surface area (TPSA) is 107 Å². The number of H-pyrrole nitrogens is 1. The average Bonchev–Trinajstić information content (AvgIpc) is 3.11. The molecule has 1 aliphatic heterocycles. The Bertz CT molecular complexity index is 834. The van der Waals surface area contributed by atoms with E-state index in [1.165, 1.54) is 0 Å². The number of imidazole rings is 1. The maximum absolute atomic E-state index is 12.2. The van der Waals surface area contributed by atoms with E-state index in [4.69, 9.17) is 11.6 Å². The van der Waals surface area contributed by atoms with Crippen molar-refractivity contribution < 1.29 is 14.4 Å². The van der Waals surface area contributed by atoms with Crippen molar-refractivity contribution in [3.05, 3.63) is 29.0 Å². The van der Waals surface area contributed by atoms with Crippen molar-refractivity contribution in [2.45, 2.75) is 25.3 Å². The number of urea groups is 1. The smallest absolute Gasteiger partial charge is 0.322 e. The quantitative estimate of drug-likeness (QED) is 0.670. The maximum Gasteiger partial charge on any atom is 0.322 e. The van der Waals surface area contributed by atoms with Crippen LogP contribution in [-0.4, -0.2) is 52.3 Å². The lowest BCUT2D eigenvalue weighted by Crippen LogP contribution is -2.33. The Kier molecular flexibility index (Phi) is 4.89. The summed E-state index contributed by atoms with van der Waals surface area (Å²) in [5.41, 5.74) is 1.69. The molecule has 2 heterocycles. The third-order valence-corrected chi connectivity index (χ3v) is 4.34. The maximum atomic E-state index is 12.2. The highest BCUT2D eigenvalue weighted by atomic mass is 35.5. The summed E-state index contributed by atoms with van der Waals surface area (Å²) >= 11 is 5.95. The van der Waals surface area contributed by atoms with E-state index in [9.17, 15) is 14.4 Å². The number of hydrogen-bond donors (Lipinski definition) is 3. The summed E-state index contributed by atoms with van der Waals surface area (Å²) in [6.07, 6.45) is 1.05. The van der Waals surface area contributed by atoms with Crippen LogP contribution in [0, 0.1) is 0 Å². The zero-order valence-corrected chi connectivity index (χ0v) is 14.4. The molecule has 1 aromatic carbocycles. The Hall–Kier alpha value is -2.61. The summed E-state index contributed by atoms with van der Waals surface area (Å²) in [7, 11) is 1.70. The van der Waals surface area contributed by atoms with E-state index < -0.39 is 12.1 Å². The van der Waals surface area contributed by atoms with Crippen LogP contribution < -0.4 is 10.6 Å². The number of carbonyl (C=O) groups excluding carboxylic acids is 3. The zero-order valence-electron chi connectivity index (χ0n) is 13.6. The minimum atomic E-state index is -0.634. The second kappa shape index (κ2) is 7.10. The predicted octanol–water partition coefficient (Wildman–Crippen LogP) is 1.21. The third kappa shape index (κ3) is 4.08. The first-order valence-corrected chi connectivity index (χ1v) is 8.29. The Morgan fingerprint density at radius 3 is 2.88 bits per heavy atom. The number of carbonyl (C=O) groups is 3. The summed E-state index contributed by atoms with van der Waals surface area (Å²) < 4.78 is 0. The van der Waals surface area contributed by atoms with Gasteiger partial charge in [0.15, 0.2) is 0 Å². The van der Waals surface area contributed by atoms with Crippen LogP contribution in [0.4, 0.5) is 4.79 Å². The van der Waals surface area contributed by atoms with Crippen LogP contribution in [0.3, 0.4) is 0 Å². The normalized spacial score (nSPS) is 16.8. The minimum absolute atomic E-state index is 0.0897. The van der Waals surface area contributed by atoms with Crippen molar-refractivity contribution >= 4 is 40.5 Å². The number of imide groups is 1. The second-order valence-corrected chi connectivity index (χ2v) is 6.40. The summed E-state index contributed by atoms with van der Waals surface area (Å²) in [6.45, 7) is 0.496. The zero-order chi connectivity index (χ0) is 18.0. The first kappa shape index (κ1) is 17.2. The van der Waals surface area contributed by atoms with E-state index in [2.05, 4.69) is 20.6 Å². The second-order valence-electron chi connectivity index (χ2n) is 5.96. The number of aromatic amines is 1. The van der Waals surface area contributed by atoms with Gasteiger partial charge >= 0.3 is 6.03 Å². The van der Waals surface area contributed by atoms with Gasteiger partial charge in [-0.25, -0.2) is 9.78 Å². The number of hydrogen-bond acceptors (Lipinski definition) is 4. The van der Waals surface area contributed by atoms with Crippen LogP contribution in [0.25, 0.3) is 11.0 Å². The Labute approximate surface area is 148 Å². The number of benzene rings is 1. The van der Waals surface area contributed by atoms with Gasteiger partial charge in [-0.1, -0.05) is 11.6 Å².